The zero-order chi connectivity index (χ0) is 25.2. The van der Waals surface area contributed by atoms with Crippen LogP contribution in [-0.4, -0.2) is 23.0 Å². The minimum atomic E-state index is -1.79. The second-order valence-corrected chi connectivity index (χ2v) is 8.76. The van der Waals surface area contributed by atoms with Crippen molar-refractivity contribution < 1.29 is 15.0 Å². The van der Waals surface area contributed by atoms with Crippen molar-refractivity contribution in [2.24, 2.45) is 0 Å². The molecule has 0 aliphatic rings. The van der Waals surface area contributed by atoms with Crippen molar-refractivity contribution >= 4 is 22.8 Å². The molecule has 5 heteroatoms. The Hall–Kier alpha value is -4.09. The second-order valence-electron chi connectivity index (χ2n) is 8.76. The van der Waals surface area contributed by atoms with Crippen LogP contribution in [0.3, 0.4) is 0 Å². The molecule has 0 aliphatic heterocycles. The number of ketones is 1. The first-order valence-electron chi connectivity index (χ1n) is 11.5. The first-order chi connectivity index (χ1) is 16.8. The van der Waals surface area contributed by atoms with Crippen molar-refractivity contribution in [1.29, 1.82) is 0 Å². The molecule has 0 amide bonds. The highest BCUT2D eigenvalue weighted by Crippen LogP contribution is 2.45. The van der Waals surface area contributed by atoms with E-state index in [9.17, 15) is 15.0 Å². The molecule has 5 nitrogen and oxygen atoms in total. The molecule has 0 saturated carbocycles. The predicted molar refractivity (Wildman–Crippen MR) is 142 cm³/mol. The maximum absolute atomic E-state index is 12.6. The molecular formula is C30H30N2O3. The number of anilines is 3. The van der Waals surface area contributed by atoms with Crippen LogP contribution < -0.4 is 10.6 Å². The summed E-state index contributed by atoms with van der Waals surface area (Å²) in [6, 6.07) is 25.8. The molecule has 0 radical (unpaired) electrons. The molecule has 0 bridgehead atoms. The van der Waals surface area contributed by atoms with Crippen molar-refractivity contribution in [2.75, 3.05) is 17.7 Å². The number of rotatable bonds is 7. The van der Waals surface area contributed by atoms with Crippen LogP contribution in [-0.2, 0) is 5.60 Å². The van der Waals surface area contributed by atoms with Gasteiger partial charge in [0.25, 0.3) is 0 Å². The fraction of sp³-hybridized carbons (Fsp3) is 0.167. The van der Waals surface area contributed by atoms with E-state index < -0.39 is 5.60 Å². The number of hydrogen-bond donors (Lipinski definition) is 4. The number of nitrogens with one attached hydrogen (secondary N) is 2. The standard InChI is InChI=1S/C30H30N2O3/c1-19-13-14-23(32-28-12-8-5-9-20(28)2)17-27(19)30(35,25-11-7-6-10-24(25)21(3)33)26-16-15-22(31-4)18-29(26)34/h5-18,31-32,34-35H,1-4H3. The highest BCUT2D eigenvalue weighted by Gasteiger charge is 2.40. The number of phenolic OH excluding ortho intramolecular Hbond substituents is 1. The van der Waals surface area contributed by atoms with Gasteiger partial charge in [0, 0.05) is 46.9 Å². The quantitative estimate of drug-likeness (QED) is 0.190. The van der Waals surface area contributed by atoms with E-state index >= 15 is 0 Å². The van der Waals surface area contributed by atoms with E-state index in [0.717, 1.165) is 22.5 Å². The molecule has 35 heavy (non-hydrogen) atoms. The summed E-state index contributed by atoms with van der Waals surface area (Å²) in [5.41, 5.74) is 4.23. The molecule has 0 fully saturated rings. The number of benzene rings is 4. The fourth-order valence-corrected chi connectivity index (χ4v) is 4.49. The highest BCUT2D eigenvalue weighted by molar-refractivity contribution is 5.96. The number of aryl methyl sites for hydroxylation is 2. The van der Waals surface area contributed by atoms with Crippen molar-refractivity contribution in [3.05, 3.63) is 118 Å². The Morgan fingerprint density at radius 2 is 1.46 bits per heavy atom. The first-order valence-corrected chi connectivity index (χ1v) is 11.5. The van der Waals surface area contributed by atoms with E-state index in [1.165, 1.54) is 6.92 Å². The minimum absolute atomic E-state index is 0.0747. The molecule has 0 heterocycles. The first kappa shape index (κ1) is 24.0. The lowest BCUT2D eigenvalue weighted by Crippen LogP contribution is -2.32. The van der Waals surface area contributed by atoms with Crippen LogP contribution >= 0.6 is 0 Å². The van der Waals surface area contributed by atoms with E-state index in [0.29, 0.717) is 27.9 Å². The van der Waals surface area contributed by atoms with Crippen molar-refractivity contribution in [3.8, 4) is 5.75 Å². The Labute approximate surface area is 206 Å². The van der Waals surface area contributed by atoms with Gasteiger partial charge in [-0.15, -0.1) is 0 Å². The summed E-state index contributed by atoms with van der Waals surface area (Å²) in [4.78, 5) is 12.6. The number of carbonyl (C=O) groups excluding carboxylic acids is 1. The molecule has 4 aromatic carbocycles. The third-order valence-electron chi connectivity index (χ3n) is 6.42. The number of carbonyl (C=O) groups is 1. The average molecular weight is 467 g/mol. The van der Waals surface area contributed by atoms with E-state index in [-0.39, 0.29) is 11.5 Å². The summed E-state index contributed by atoms with van der Waals surface area (Å²) in [5, 5.41) is 30.0. The van der Waals surface area contributed by atoms with Crippen LogP contribution in [0.2, 0.25) is 0 Å². The zero-order valence-electron chi connectivity index (χ0n) is 20.4. The van der Waals surface area contributed by atoms with E-state index in [1.54, 1.807) is 49.5 Å². The molecule has 0 aromatic heterocycles. The summed E-state index contributed by atoms with van der Waals surface area (Å²) in [7, 11) is 1.76. The summed E-state index contributed by atoms with van der Waals surface area (Å²) >= 11 is 0. The maximum atomic E-state index is 12.6. The van der Waals surface area contributed by atoms with Gasteiger partial charge in [-0.3, -0.25) is 4.79 Å². The van der Waals surface area contributed by atoms with Gasteiger partial charge in [-0.2, -0.15) is 0 Å². The molecule has 0 aliphatic carbocycles. The Morgan fingerprint density at radius 1 is 0.771 bits per heavy atom. The van der Waals surface area contributed by atoms with Crippen LogP contribution in [0.15, 0.2) is 84.9 Å². The number of hydrogen-bond acceptors (Lipinski definition) is 5. The molecule has 0 saturated heterocycles. The third-order valence-corrected chi connectivity index (χ3v) is 6.42. The van der Waals surface area contributed by atoms with Gasteiger partial charge < -0.3 is 20.8 Å². The van der Waals surface area contributed by atoms with Crippen LogP contribution in [0.1, 0.15) is 45.1 Å². The van der Waals surface area contributed by atoms with Crippen molar-refractivity contribution in [3.63, 3.8) is 0 Å². The number of para-hydroxylation sites is 1. The average Bonchev–Trinajstić information content (AvgIpc) is 2.86. The van der Waals surface area contributed by atoms with Gasteiger partial charge in [-0.25, -0.2) is 0 Å². The molecule has 0 spiro atoms. The number of aromatic hydroxyl groups is 1. The number of aliphatic hydroxyl groups is 1. The molecule has 1 unspecified atom stereocenters. The SMILES string of the molecule is CNc1ccc(C(O)(c2cc(Nc3ccccc3C)ccc2C)c2ccccc2C(C)=O)c(O)c1. The van der Waals surface area contributed by atoms with Gasteiger partial charge in [0.2, 0.25) is 0 Å². The molecule has 178 valence electrons. The summed E-state index contributed by atoms with van der Waals surface area (Å²) in [5.74, 6) is -0.244. The maximum Gasteiger partial charge on any atom is 0.160 e. The Morgan fingerprint density at radius 3 is 2.14 bits per heavy atom. The minimum Gasteiger partial charge on any atom is -0.507 e. The topological polar surface area (TPSA) is 81.6 Å². The Balaban J connectivity index is 1.98. The second kappa shape index (κ2) is 9.65. The highest BCUT2D eigenvalue weighted by atomic mass is 16.3. The molecule has 4 N–H and O–H groups in total. The van der Waals surface area contributed by atoms with Crippen molar-refractivity contribution in [1.82, 2.24) is 0 Å². The monoisotopic (exact) mass is 466 g/mol. The van der Waals surface area contributed by atoms with Gasteiger partial charge in [0.15, 0.2) is 5.78 Å². The molecule has 4 rings (SSSR count). The Bertz CT molecular complexity index is 1400. The summed E-state index contributed by atoms with van der Waals surface area (Å²) < 4.78 is 0. The molecule has 1 atom stereocenters. The van der Waals surface area contributed by atoms with Gasteiger partial charge >= 0.3 is 0 Å². The van der Waals surface area contributed by atoms with Gasteiger partial charge in [0.05, 0.1) is 0 Å². The number of Topliss-reactive ketones (excluding diaryl/α,β-unsaturated/α-hetero) is 1. The van der Waals surface area contributed by atoms with Crippen LogP contribution in [0.4, 0.5) is 17.1 Å². The predicted octanol–water partition coefficient (Wildman–Crippen LogP) is 6.28. The molecule has 4 aromatic rings. The van der Waals surface area contributed by atoms with E-state index in [2.05, 4.69) is 10.6 Å². The van der Waals surface area contributed by atoms with E-state index in [4.69, 9.17) is 0 Å². The summed E-state index contributed by atoms with van der Waals surface area (Å²) in [6.07, 6.45) is 0. The van der Waals surface area contributed by atoms with Gasteiger partial charge in [0.1, 0.15) is 11.4 Å². The smallest absolute Gasteiger partial charge is 0.160 e. The third kappa shape index (κ3) is 4.51. The lowest BCUT2D eigenvalue weighted by atomic mass is 9.75. The largest absolute Gasteiger partial charge is 0.507 e. The summed E-state index contributed by atoms with van der Waals surface area (Å²) in [6.45, 7) is 5.41. The van der Waals surface area contributed by atoms with Crippen molar-refractivity contribution in [2.45, 2.75) is 26.4 Å². The lowest BCUT2D eigenvalue weighted by Gasteiger charge is -2.34. The number of phenols is 1. The fourth-order valence-electron chi connectivity index (χ4n) is 4.49. The van der Waals surface area contributed by atoms with Crippen LogP contribution in [0, 0.1) is 13.8 Å². The van der Waals surface area contributed by atoms with Crippen LogP contribution in [0.5, 0.6) is 5.75 Å². The van der Waals surface area contributed by atoms with E-state index in [1.807, 2.05) is 56.3 Å². The van der Waals surface area contributed by atoms with Gasteiger partial charge in [-0.05, 0) is 67.8 Å². The van der Waals surface area contributed by atoms with Gasteiger partial charge in [-0.1, -0.05) is 48.5 Å². The zero-order valence-corrected chi connectivity index (χ0v) is 20.4. The lowest BCUT2D eigenvalue weighted by molar-refractivity contribution is 0.0983. The normalized spacial score (nSPS) is 12.6. The molecular weight excluding hydrogens is 436 g/mol. The Kier molecular flexibility index (Phi) is 6.63. The van der Waals surface area contributed by atoms with Crippen LogP contribution in [0.25, 0.3) is 0 Å².